The zero-order valence-corrected chi connectivity index (χ0v) is 76.9. The Labute approximate surface area is 765 Å². The highest BCUT2D eigenvalue weighted by Crippen LogP contribution is 2.42. The molecule has 0 saturated heterocycles. The third-order valence-electron chi connectivity index (χ3n) is 23.8. The number of hydrogen-bond acceptors (Lipinski definition) is 12. The van der Waals surface area contributed by atoms with Gasteiger partial charge in [0.25, 0.3) is 0 Å². The molecule has 0 aromatic heterocycles. The fraction of sp³-hybridized carbons (Fsp3) is 0.379. The Bertz CT molecular complexity index is 5450. The molecule has 8 bridgehead atoms. The second kappa shape index (κ2) is 53.1. The topological polar surface area (TPSA) is 136 Å². The van der Waals surface area contributed by atoms with Crippen molar-refractivity contribution >= 4 is 46.7 Å². The maximum absolute atomic E-state index is 7.14. The highest BCUT2D eigenvalue weighted by Gasteiger charge is 2.36. The molecule has 0 N–H and O–H groups in total. The SMILES string of the molecule is CCC/C=C/C/C=C/CCCCCCCc1cccc(Oc2cccc3c2C2=NC3=NC3=NC(=NC4=NC(=NC5=NC(=N2)c2cccc(Oc6cccc(CCCCCCC/C=C/C/C=C/CCC)c6)c25)c2cccc(Oc5cccc(CCCCCCC/C=C/C/C=C/CCC)c5)c24)c2c(Oc4cccc(CCCCCCC/C=C/C/C=C/CCC)c4)cccc23)c1. The number of allylic oxidation sites excluding steroid dienone is 16. The van der Waals surface area contributed by atoms with E-state index < -0.39 is 0 Å². The van der Waals surface area contributed by atoms with Crippen LogP contribution in [0.5, 0.6) is 46.0 Å². The van der Waals surface area contributed by atoms with Gasteiger partial charge in [-0.15, -0.1) is 0 Å². The molecule has 0 atom stereocenters. The van der Waals surface area contributed by atoms with E-state index in [0.29, 0.717) is 126 Å². The summed E-state index contributed by atoms with van der Waals surface area (Å²) in [6.07, 6.45) is 82.4. The molecule has 128 heavy (non-hydrogen) atoms. The monoisotopic (exact) mass is 1710 g/mol. The molecule has 5 heterocycles. The fourth-order valence-corrected chi connectivity index (χ4v) is 16.8. The van der Waals surface area contributed by atoms with Gasteiger partial charge in [-0.3, -0.25) is 0 Å². The van der Waals surface area contributed by atoms with Gasteiger partial charge in [-0.25, -0.2) is 39.9 Å². The minimum Gasteiger partial charge on any atom is -0.457 e. The Hall–Kier alpha value is -11.8. The summed E-state index contributed by atoms with van der Waals surface area (Å²) in [5.41, 5.74) is 10.4. The predicted octanol–water partition coefficient (Wildman–Crippen LogP) is 32.7. The summed E-state index contributed by atoms with van der Waals surface area (Å²) in [4.78, 5) is 44.2. The van der Waals surface area contributed by atoms with Gasteiger partial charge in [-0.2, -0.15) is 0 Å². The molecule has 5 aliphatic rings. The molecular formula is C116H136N8O4. The minimum atomic E-state index is 0.351. The number of rotatable bonds is 56. The molecule has 0 fully saturated rings. The lowest BCUT2D eigenvalue weighted by Crippen LogP contribution is -2.06. The second-order valence-corrected chi connectivity index (χ2v) is 34.3. The lowest BCUT2D eigenvalue weighted by molar-refractivity contribution is 0.480. The first-order valence-electron chi connectivity index (χ1n) is 48.9. The number of hydrogen-bond donors (Lipinski definition) is 0. The average molecular weight is 1710 g/mol. The number of nitrogens with zero attached hydrogens (tertiary/aromatic N) is 8. The van der Waals surface area contributed by atoms with Crippen LogP contribution in [0.15, 0.2) is 307 Å². The van der Waals surface area contributed by atoms with Crippen LogP contribution in [0.4, 0.5) is 0 Å². The highest BCUT2D eigenvalue weighted by atomic mass is 16.5. The molecule has 0 amide bonds. The van der Waals surface area contributed by atoms with Crippen LogP contribution in [-0.4, -0.2) is 46.7 Å². The molecular weight excluding hydrogens is 1570 g/mol. The first-order valence-corrected chi connectivity index (χ1v) is 48.9. The summed E-state index contributed by atoms with van der Waals surface area (Å²) in [7, 11) is 0. The van der Waals surface area contributed by atoms with Gasteiger partial charge in [0.05, 0.1) is 22.3 Å². The van der Waals surface area contributed by atoms with Gasteiger partial charge in [-0.05, 0) is 249 Å². The van der Waals surface area contributed by atoms with Crippen LogP contribution in [0.1, 0.15) is 326 Å². The van der Waals surface area contributed by atoms with Crippen LogP contribution in [0.2, 0.25) is 0 Å². The van der Waals surface area contributed by atoms with Crippen LogP contribution < -0.4 is 18.9 Å². The van der Waals surface area contributed by atoms with Gasteiger partial charge in [0, 0.05) is 22.3 Å². The number of unbranched alkanes of at least 4 members (excludes halogenated alkanes) is 24. The summed E-state index contributed by atoms with van der Waals surface area (Å²) >= 11 is 0. The van der Waals surface area contributed by atoms with E-state index in [4.69, 9.17) is 58.9 Å². The first kappa shape index (κ1) is 93.9. The molecule has 8 aromatic carbocycles. The lowest BCUT2D eigenvalue weighted by Gasteiger charge is -2.13. The van der Waals surface area contributed by atoms with E-state index >= 15 is 0 Å². The maximum atomic E-state index is 7.14. The van der Waals surface area contributed by atoms with Gasteiger partial charge in [-0.1, -0.05) is 325 Å². The Morgan fingerprint density at radius 1 is 0.195 bits per heavy atom. The lowest BCUT2D eigenvalue weighted by atomic mass is 10.0. The number of aryl methyl sites for hydroxylation is 4. The summed E-state index contributed by atoms with van der Waals surface area (Å²) in [5.74, 6) is 8.13. The van der Waals surface area contributed by atoms with Gasteiger partial charge < -0.3 is 18.9 Å². The second-order valence-electron chi connectivity index (χ2n) is 34.3. The molecule has 0 aliphatic carbocycles. The van der Waals surface area contributed by atoms with Crippen molar-refractivity contribution in [1.29, 1.82) is 0 Å². The molecule has 0 spiro atoms. The Kier molecular flexibility index (Phi) is 39.0. The molecule has 12 nitrogen and oxygen atoms in total. The largest absolute Gasteiger partial charge is 0.457 e. The summed E-state index contributed by atoms with van der Waals surface area (Å²) in [6, 6.07) is 58.1. The van der Waals surface area contributed by atoms with Gasteiger partial charge in [0.1, 0.15) is 46.0 Å². The fourth-order valence-electron chi connectivity index (χ4n) is 16.8. The van der Waals surface area contributed by atoms with Crippen molar-refractivity contribution in [1.82, 2.24) is 0 Å². The molecule has 0 saturated carbocycles. The van der Waals surface area contributed by atoms with E-state index in [1.54, 1.807) is 0 Å². The molecule has 0 radical (unpaired) electrons. The van der Waals surface area contributed by atoms with Crippen LogP contribution >= 0.6 is 0 Å². The van der Waals surface area contributed by atoms with Crippen molar-refractivity contribution in [2.24, 2.45) is 39.9 Å². The van der Waals surface area contributed by atoms with E-state index in [1.807, 2.05) is 97.1 Å². The minimum absolute atomic E-state index is 0.351. The van der Waals surface area contributed by atoms with Crippen LogP contribution in [-0.2, 0) is 25.7 Å². The first-order chi connectivity index (χ1) is 63.4. The maximum Gasteiger partial charge on any atom is 0.168 e. The average Bonchev–Trinajstić information content (AvgIpc) is 1.58. The van der Waals surface area contributed by atoms with Gasteiger partial charge in [0.2, 0.25) is 0 Å². The molecule has 5 aliphatic heterocycles. The summed E-state index contributed by atoms with van der Waals surface area (Å²) in [5, 5.41) is 0. The third-order valence-corrected chi connectivity index (χ3v) is 23.8. The predicted molar refractivity (Wildman–Crippen MR) is 541 cm³/mol. The van der Waals surface area contributed by atoms with E-state index in [9.17, 15) is 0 Å². The zero-order chi connectivity index (χ0) is 88.0. The van der Waals surface area contributed by atoms with E-state index in [-0.39, 0.29) is 0 Å². The van der Waals surface area contributed by atoms with Crippen molar-refractivity contribution in [2.45, 2.75) is 285 Å². The van der Waals surface area contributed by atoms with Gasteiger partial charge >= 0.3 is 0 Å². The van der Waals surface area contributed by atoms with Gasteiger partial charge in [0.15, 0.2) is 46.7 Å². The number of amidine groups is 8. The van der Waals surface area contributed by atoms with Crippen molar-refractivity contribution in [3.8, 4) is 46.0 Å². The molecule has 0 unspecified atom stereocenters. The quantitative estimate of drug-likeness (QED) is 0.0277. The Balaban J connectivity index is 0.828. The number of ether oxygens (including phenoxy) is 4. The Morgan fingerprint density at radius 3 is 0.633 bits per heavy atom. The zero-order valence-electron chi connectivity index (χ0n) is 76.9. The van der Waals surface area contributed by atoms with E-state index in [0.717, 1.165) is 140 Å². The summed E-state index contributed by atoms with van der Waals surface area (Å²) < 4.78 is 28.5. The van der Waals surface area contributed by atoms with Crippen molar-refractivity contribution in [3.05, 3.63) is 334 Å². The summed E-state index contributed by atoms with van der Waals surface area (Å²) in [6.45, 7) is 8.90. The van der Waals surface area contributed by atoms with Crippen LogP contribution in [0.25, 0.3) is 0 Å². The Morgan fingerprint density at radius 2 is 0.391 bits per heavy atom. The standard InChI is InChI=1S/C116H136N8O4/c1-5-9-13-17-21-25-29-33-37-41-45-49-53-65-89-69-57-73-93(85-89)125-101-81-61-77-97-105(101)113-118-109(97)117-110-98-78-62-83-103(127-95-75-59-71-91(87-95)67-55-51-47-43-39-35-31-27-23-19-15-11-7-3)107(98)115(119-110)124-116-108-100(80-64-84-104(108)128-96-76-60-72-92(88-96)68-56-52-48-44-40-36-32-28-24-20-16-12-8-4)112(123-116)122-114-106-99(111(120-113)121-114)79-63-82-102(106)126-94-74-58-70-90(86-94)66-54-50-46-42-38-34-30-26-22-18-14-10-6-2/h13-20,25-32,57-64,69-88H,5-12,21-24,33-56,65-68H2,1-4H3/b17-13+,18-14+,19-15+,20-16+,29-25+,30-26+,31-27+,32-28+,117-109?,117-110?,120-111?,120-113?,122-112?,122-114?,124-115?,124-116?. The normalized spacial score (nSPS) is 13.9. The molecule has 12 heteroatoms. The van der Waals surface area contributed by atoms with Crippen LogP contribution in [0.3, 0.4) is 0 Å². The van der Waals surface area contributed by atoms with Crippen molar-refractivity contribution < 1.29 is 18.9 Å². The third kappa shape index (κ3) is 29.1. The highest BCUT2D eigenvalue weighted by molar-refractivity contribution is 6.36. The molecule has 8 aromatic rings. The number of fused-ring (bicyclic) bond motifs is 16. The van der Waals surface area contributed by atoms with Crippen molar-refractivity contribution in [3.63, 3.8) is 0 Å². The van der Waals surface area contributed by atoms with E-state index in [2.05, 4.69) is 198 Å². The number of aliphatic imine (C=N–C) groups is 8. The van der Waals surface area contributed by atoms with E-state index in [1.165, 1.54) is 151 Å². The van der Waals surface area contributed by atoms with Crippen LogP contribution in [0, 0.1) is 0 Å². The number of benzene rings is 8. The smallest absolute Gasteiger partial charge is 0.168 e. The van der Waals surface area contributed by atoms with Crippen molar-refractivity contribution in [2.75, 3.05) is 0 Å². The molecule has 664 valence electrons. The molecule has 13 rings (SSSR count).